The summed E-state index contributed by atoms with van der Waals surface area (Å²) in [5, 5.41) is 8.76. The summed E-state index contributed by atoms with van der Waals surface area (Å²) in [6.07, 6.45) is 0. The van der Waals surface area contributed by atoms with Crippen molar-refractivity contribution in [3.8, 4) is 45.3 Å². The van der Waals surface area contributed by atoms with Crippen LogP contribution in [0, 0.1) is 0 Å². The normalized spacial score (nSPS) is 11.7. The summed E-state index contributed by atoms with van der Waals surface area (Å²) in [4.78, 5) is 15.8. The van der Waals surface area contributed by atoms with Crippen molar-refractivity contribution in [3.63, 3.8) is 0 Å². The predicted octanol–water partition coefficient (Wildman–Crippen LogP) is 11.9. The first kappa shape index (κ1) is 27.5. The van der Waals surface area contributed by atoms with E-state index in [1.807, 2.05) is 36.4 Å². The van der Waals surface area contributed by atoms with Crippen molar-refractivity contribution in [2.75, 3.05) is 0 Å². The molecular weight excluding hydrogens is 599 g/mol. The molecule has 8 aromatic carbocycles. The molecule has 0 aliphatic carbocycles. The average molecular weight is 626 g/mol. The first-order valence-corrected chi connectivity index (χ1v) is 16.5. The first-order valence-electron chi connectivity index (χ1n) is 16.5. The summed E-state index contributed by atoms with van der Waals surface area (Å²) >= 11 is 0. The lowest BCUT2D eigenvalue weighted by Crippen LogP contribution is -2.01. The van der Waals surface area contributed by atoms with Crippen LogP contribution in [0.4, 0.5) is 0 Å². The summed E-state index contributed by atoms with van der Waals surface area (Å²) < 4.78 is 6.57. The van der Waals surface area contributed by atoms with Crippen LogP contribution in [0.3, 0.4) is 0 Å². The number of furan rings is 1. The largest absolute Gasteiger partial charge is 0.455 e. The van der Waals surface area contributed by atoms with Gasteiger partial charge in [-0.15, -0.1) is 0 Å². The maximum absolute atomic E-state index is 6.57. The predicted molar refractivity (Wildman–Crippen MR) is 201 cm³/mol. The van der Waals surface area contributed by atoms with Gasteiger partial charge >= 0.3 is 0 Å². The molecule has 0 bridgehead atoms. The molecule has 2 heterocycles. The fourth-order valence-electron chi connectivity index (χ4n) is 7.26. The Morgan fingerprint density at radius 3 is 1.73 bits per heavy atom. The van der Waals surface area contributed by atoms with Crippen molar-refractivity contribution < 1.29 is 4.42 Å². The third-order valence-electron chi connectivity index (χ3n) is 9.50. The highest BCUT2D eigenvalue weighted by atomic mass is 16.3. The Balaban J connectivity index is 1.35. The van der Waals surface area contributed by atoms with E-state index in [2.05, 4.69) is 127 Å². The van der Waals surface area contributed by atoms with Crippen LogP contribution in [0.25, 0.3) is 99.5 Å². The van der Waals surface area contributed by atoms with Crippen LogP contribution in [0.15, 0.2) is 168 Å². The Labute approximate surface area is 282 Å². The van der Waals surface area contributed by atoms with Crippen LogP contribution in [0.5, 0.6) is 0 Å². The SMILES string of the molecule is c1ccc(-c2nc(-c3cc4ccccc4c4ccccc34)nc(-c3cc4c5ccccc5oc4c4cccc(-c5ccccc5)c34)n2)cc1. The molecule has 0 fully saturated rings. The molecule has 4 heteroatoms. The van der Waals surface area contributed by atoms with Gasteiger partial charge in [0.25, 0.3) is 0 Å². The van der Waals surface area contributed by atoms with E-state index < -0.39 is 0 Å². The molecule has 0 spiro atoms. The third-order valence-corrected chi connectivity index (χ3v) is 9.50. The maximum Gasteiger partial charge on any atom is 0.164 e. The Morgan fingerprint density at radius 2 is 0.939 bits per heavy atom. The second-order valence-corrected chi connectivity index (χ2v) is 12.4. The molecular formula is C45H27N3O. The third kappa shape index (κ3) is 4.42. The number of fused-ring (bicyclic) bond motifs is 8. The van der Waals surface area contributed by atoms with Gasteiger partial charge in [-0.05, 0) is 50.9 Å². The van der Waals surface area contributed by atoms with Gasteiger partial charge in [0.05, 0.1) is 0 Å². The van der Waals surface area contributed by atoms with E-state index in [1.54, 1.807) is 0 Å². The van der Waals surface area contributed by atoms with E-state index in [-0.39, 0.29) is 0 Å². The summed E-state index contributed by atoms with van der Waals surface area (Å²) in [6, 6.07) is 56.8. The lowest BCUT2D eigenvalue weighted by Gasteiger charge is -2.15. The van der Waals surface area contributed by atoms with E-state index in [0.29, 0.717) is 17.5 Å². The van der Waals surface area contributed by atoms with E-state index in [9.17, 15) is 0 Å². The molecule has 49 heavy (non-hydrogen) atoms. The van der Waals surface area contributed by atoms with Crippen molar-refractivity contribution in [1.29, 1.82) is 0 Å². The van der Waals surface area contributed by atoms with Crippen molar-refractivity contribution >= 4 is 54.3 Å². The van der Waals surface area contributed by atoms with E-state index in [0.717, 1.165) is 71.3 Å². The van der Waals surface area contributed by atoms with Crippen LogP contribution < -0.4 is 0 Å². The molecule has 0 radical (unpaired) electrons. The van der Waals surface area contributed by atoms with Gasteiger partial charge < -0.3 is 4.42 Å². The molecule has 0 saturated carbocycles. The van der Waals surface area contributed by atoms with Crippen LogP contribution >= 0.6 is 0 Å². The number of rotatable bonds is 4. The fourth-order valence-corrected chi connectivity index (χ4v) is 7.26. The number of hydrogen-bond donors (Lipinski definition) is 0. The summed E-state index contributed by atoms with van der Waals surface area (Å²) in [6.45, 7) is 0. The molecule has 0 unspecified atom stereocenters. The number of benzene rings is 8. The first-order chi connectivity index (χ1) is 24.3. The smallest absolute Gasteiger partial charge is 0.164 e. The second kappa shape index (κ2) is 11.0. The lowest BCUT2D eigenvalue weighted by molar-refractivity contribution is 0.672. The van der Waals surface area contributed by atoms with Gasteiger partial charge in [-0.25, -0.2) is 15.0 Å². The summed E-state index contributed by atoms with van der Waals surface area (Å²) in [5.41, 5.74) is 6.75. The van der Waals surface area contributed by atoms with Gasteiger partial charge in [-0.3, -0.25) is 0 Å². The van der Waals surface area contributed by atoms with Gasteiger partial charge in [0.2, 0.25) is 0 Å². The van der Waals surface area contributed by atoms with Crippen LogP contribution in [0.2, 0.25) is 0 Å². The van der Waals surface area contributed by atoms with E-state index >= 15 is 0 Å². The highest BCUT2D eigenvalue weighted by Crippen LogP contribution is 2.44. The molecule has 228 valence electrons. The molecule has 0 amide bonds. The summed E-state index contributed by atoms with van der Waals surface area (Å²) in [7, 11) is 0. The van der Waals surface area contributed by atoms with Gasteiger partial charge in [-0.1, -0.05) is 146 Å². The van der Waals surface area contributed by atoms with Crippen molar-refractivity contribution in [1.82, 2.24) is 15.0 Å². The van der Waals surface area contributed by atoms with Gasteiger partial charge in [-0.2, -0.15) is 0 Å². The van der Waals surface area contributed by atoms with Gasteiger partial charge in [0.1, 0.15) is 11.2 Å². The van der Waals surface area contributed by atoms with E-state index in [4.69, 9.17) is 19.4 Å². The quantitative estimate of drug-likeness (QED) is 0.183. The van der Waals surface area contributed by atoms with Crippen molar-refractivity contribution in [2.45, 2.75) is 0 Å². The van der Waals surface area contributed by atoms with Crippen molar-refractivity contribution in [3.05, 3.63) is 164 Å². The van der Waals surface area contributed by atoms with Crippen LogP contribution in [-0.2, 0) is 0 Å². The molecule has 10 rings (SSSR count). The maximum atomic E-state index is 6.57. The number of hydrogen-bond acceptors (Lipinski definition) is 4. The van der Waals surface area contributed by atoms with Crippen LogP contribution in [-0.4, -0.2) is 15.0 Å². The second-order valence-electron chi connectivity index (χ2n) is 12.4. The van der Waals surface area contributed by atoms with Gasteiger partial charge in [0.15, 0.2) is 17.5 Å². The minimum Gasteiger partial charge on any atom is -0.455 e. The van der Waals surface area contributed by atoms with Gasteiger partial charge in [0, 0.05) is 38.2 Å². The molecule has 10 aromatic rings. The standard InChI is InChI=1S/C45H27N3O/c1-3-14-28(15-4-1)32-23-13-24-36-41(32)39(27-37-35-22-11-12-25-40(35)49-42(36)37)45-47-43(29-16-5-2-6-17-29)46-44(48-45)38-26-30-18-7-8-19-31(30)33-20-9-10-21-34(33)38/h1-27H. The molecule has 4 nitrogen and oxygen atoms in total. The monoisotopic (exact) mass is 625 g/mol. The van der Waals surface area contributed by atoms with E-state index in [1.165, 1.54) is 10.8 Å². The van der Waals surface area contributed by atoms with Crippen LogP contribution in [0.1, 0.15) is 0 Å². The zero-order valence-corrected chi connectivity index (χ0v) is 26.3. The highest BCUT2D eigenvalue weighted by molar-refractivity contribution is 6.22. The highest BCUT2D eigenvalue weighted by Gasteiger charge is 2.22. The Kier molecular flexibility index (Phi) is 6.15. The molecule has 2 aromatic heterocycles. The Bertz CT molecular complexity index is 2880. The number of nitrogens with zero attached hydrogens (tertiary/aromatic N) is 3. The summed E-state index contributed by atoms with van der Waals surface area (Å²) in [5.74, 6) is 1.87. The molecule has 0 N–H and O–H groups in total. The fraction of sp³-hybridized carbons (Fsp3) is 0. The molecule has 0 atom stereocenters. The Hall–Kier alpha value is -6.65. The van der Waals surface area contributed by atoms with Crippen molar-refractivity contribution in [2.24, 2.45) is 0 Å². The zero-order valence-electron chi connectivity index (χ0n) is 26.3. The minimum absolute atomic E-state index is 0.613. The average Bonchev–Trinajstić information content (AvgIpc) is 3.56. The Morgan fingerprint density at radius 1 is 0.347 bits per heavy atom. The minimum atomic E-state index is 0.613. The number of aromatic nitrogens is 3. The zero-order chi connectivity index (χ0) is 32.3. The lowest BCUT2D eigenvalue weighted by atomic mass is 9.92. The molecule has 0 saturated heterocycles. The molecule has 0 aliphatic rings. The molecule has 0 aliphatic heterocycles. The topological polar surface area (TPSA) is 51.8 Å². The number of para-hydroxylation sites is 1.